The number of aliphatic hydroxyl groups excluding tert-OH is 2. The quantitative estimate of drug-likeness (QED) is 0.0331. The molecule has 0 radical (unpaired) electrons. The molecule has 0 fully saturated rings. The van der Waals surface area contributed by atoms with Gasteiger partial charge in [-0.25, -0.2) is 0 Å². The maximum Gasteiger partial charge on any atom is 0.306 e. The zero-order chi connectivity index (χ0) is 38.2. The molecule has 0 aromatic heterocycles. The smallest absolute Gasteiger partial charge is 0.306 e. The van der Waals surface area contributed by atoms with Crippen molar-refractivity contribution in [2.45, 2.75) is 251 Å². The van der Waals surface area contributed by atoms with Crippen LogP contribution in [-0.4, -0.2) is 46.9 Å². The Morgan fingerprint density at radius 3 is 1.50 bits per heavy atom. The number of carbonyl (C=O) groups is 2. The molecule has 6 heteroatoms. The monoisotopic (exact) mass is 734 g/mol. The summed E-state index contributed by atoms with van der Waals surface area (Å²) < 4.78 is 5.78. The predicted octanol–water partition coefficient (Wildman–Crippen LogP) is 12.8. The van der Waals surface area contributed by atoms with Gasteiger partial charge in [0.15, 0.2) is 0 Å². The molecule has 52 heavy (non-hydrogen) atoms. The first-order valence-corrected chi connectivity index (χ1v) is 22.6. The van der Waals surface area contributed by atoms with Crippen molar-refractivity contribution in [3.05, 3.63) is 24.3 Å². The number of unbranched alkanes of at least 4 members (excludes halogenated alkanes) is 26. The van der Waals surface area contributed by atoms with Crippen LogP contribution in [0.1, 0.15) is 233 Å². The average Bonchev–Trinajstić information content (AvgIpc) is 3.13. The standard InChI is InChI=1S/C46H87NO5/c1-4-7-10-13-16-19-22-24-26-29-32-35-38-44(49)43(41-48)47-45(50)40-42(37-34-31-28-25-23-20-17-14-11-8-5-2)52-46(51)39-36-33-30-27-21-18-15-12-9-6-3/h25,28,34,37,42-44,48-49H,4-24,26-27,29-33,35-36,38-41H2,1-3H3,(H,47,50)/b28-25-,37-34+. The number of hydrogen-bond acceptors (Lipinski definition) is 5. The third-order valence-corrected chi connectivity index (χ3v) is 10.3. The number of rotatable bonds is 40. The zero-order valence-electron chi connectivity index (χ0n) is 34.7. The van der Waals surface area contributed by atoms with Crippen molar-refractivity contribution in [3.8, 4) is 0 Å². The van der Waals surface area contributed by atoms with Crippen LogP contribution in [0, 0.1) is 0 Å². The van der Waals surface area contributed by atoms with E-state index in [9.17, 15) is 19.8 Å². The van der Waals surface area contributed by atoms with Crippen LogP contribution in [0.2, 0.25) is 0 Å². The zero-order valence-corrected chi connectivity index (χ0v) is 34.7. The van der Waals surface area contributed by atoms with E-state index in [2.05, 4.69) is 38.2 Å². The minimum atomic E-state index is -0.804. The van der Waals surface area contributed by atoms with Gasteiger partial charge in [-0.15, -0.1) is 0 Å². The lowest BCUT2D eigenvalue weighted by Gasteiger charge is -2.23. The summed E-state index contributed by atoms with van der Waals surface area (Å²) in [6.45, 7) is 6.42. The van der Waals surface area contributed by atoms with Gasteiger partial charge in [-0.2, -0.15) is 0 Å². The second-order valence-electron chi connectivity index (χ2n) is 15.5. The lowest BCUT2D eigenvalue weighted by atomic mass is 10.0. The SMILES string of the molecule is CCCCCCCC/C=C\C/C=C/C(CC(=O)NC(CO)C(O)CCCCCCCCCCCCCC)OC(=O)CCCCCCCCCCCC. The van der Waals surface area contributed by atoms with Crippen molar-refractivity contribution < 1.29 is 24.5 Å². The van der Waals surface area contributed by atoms with E-state index in [4.69, 9.17) is 4.74 Å². The van der Waals surface area contributed by atoms with Gasteiger partial charge in [0.2, 0.25) is 5.91 Å². The molecule has 0 aliphatic rings. The Morgan fingerprint density at radius 1 is 0.577 bits per heavy atom. The van der Waals surface area contributed by atoms with Crippen LogP contribution < -0.4 is 5.32 Å². The summed E-state index contributed by atoms with van der Waals surface area (Å²) in [6, 6.07) is -0.725. The van der Waals surface area contributed by atoms with E-state index in [1.165, 1.54) is 141 Å². The first-order valence-electron chi connectivity index (χ1n) is 22.6. The minimum Gasteiger partial charge on any atom is -0.458 e. The van der Waals surface area contributed by atoms with Crippen LogP contribution in [0.25, 0.3) is 0 Å². The molecule has 0 saturated heterocycles. The molecule has 0 aliphatic heterocycles. The largest absolute Gasteiger partial charge is 0.458 e. The van der Waals surface area contributed by atoms with E-state index >= 15 is 0 Å². The summed E-state index contributed by atoms with van der Waals surface area (Å²) >= 11 is 0. The fourth-order valence-corrected chi connectivity index (χ4v) is 6.81. The number of esters is 1. The highest BCUT2D eigenvalue weighted by molar-refractivity contribution is 5.78. The molecule has 6 nitrogen and oxygen atoms in total. The van der Waals surface area contributed by atoms with Crippen molar-refractivity contribution in [1.29, 1.82) is 0 Å². The van der Waals surface area contributed by atoms with E-state index in [0.717, 1.165) is 51.4 Å². The molecule has 0 heterocycles. The molecular formula is C46H87NO5. The van der Waals surface area contributed by atoms with Gasteiger partial charge in [-0.1, -0.05) is 206 Å². The topological polar surface area (TPSA) is 95.9 Å². The molecule has 1 amide bonds. The van der Waals surface area contributed by atoms with Gasteiger partial charge >= 0.3 is 5.97 Å². The van der Waals surface area contributed by atoms with Crippen LogP contribution in [-0.2, 0) is 14.3 Å². The van der Waals surface area contributed by atoms with Gasteiger partial charge in [0.05, 0.1) is 25.2 Å². The minimum absolute atomic E-state index is 0.0242. The molecular weight excluding hydrogens is 647 g/mol. The first kappa shape index (κ1) is 50.3. The molecule has 3 atom stereocenters. The molecule has 3 unspecified atom stereocenters. The fourth-order valence-electron chi connectivity index (χ4n) is 6.81. The van der Waals surface area contributed by atoms with Gasteiger partial charge in [0, 0.05) is 6.42 Å². The van der Waals surface area contributed by atoms with Crippen LogP contribution >= 0.6 is 0 Å². The fraction of sp³-hybridized carbons (Fsp3) is 0.870. The molecule has 0 rings (SSSR count). The number of nitrogens with one attached hydrogen (secondary N) is 1. The van der Waals surface area contributed by atoms with E-state index in [0.29, 0.717) is 12.8 Å². The predicted molar refractivity (Wildman–Crippen MR) is 223 cm³/mol. The van der Waals surface area contributed by atoms with E-state index < -0.39 is 18.2 Å². The Balaban J connectivity index is 4.65. The lowest BCUT2D eigenvalue weighted by molar-refractivity contribution is -0.148. The summed E-state index contributed by atoms with van der Waals surface area (Å²) in [5.41, 5.74) is 0. The Labute approximate surface area is 322 Å². The number of hydrogen-bond donors (Lipinski definition) is 3. The lowest BCUT2D eigenvalue weighted by Crippen LogP contribution is -2.46. The molecule has 0 aliphatic carbocycles. The second-order valence-corrected chi connectivity index (χ2v) is 15.5. The molecule has 3 N–H and O–H groups in total. The highest BCUT2D eigenvalue weighted by Crippen LogP contribution is 2.16. The molecule has 0 aromatic rings. The van der Waals surface area contributed by atoms with Crippen LogP contribution in [0.3, 0.4) is 0 Å². The normalized spacial score (nSPS) is 13.6. The molecule has 0 spiro atoms. The summed E-state index contributed by atoms with van der Waals surface area (Å²) in [5.74, 6) is -0.598. The summed E-state index contributed by atoms with van der Waals surface area (Å²) in [6.07, 6.45) is 44.1. The van der Waals surface area contributed by atoms with Crippen LogP contribution in [0.15, 0.2) is 24.3 Å². The highest BCUT2D eigenvalue weighted by atomic mass is 16.5. The number of allylic oxidation sites excluding steroid dienone is 3. The maximum absolute atomic E-state index is 13.1. The Bertz CT molecular complexity index is 828. The van der Waals surface area contributed by atoms with Crippen LogP contribution in [0.5, 0.6) is 0 Å². The summed E-state index contributed by atoms with van der Waals surface area (Å²) in [4.78, 5) is 25.8. The third kappa shape index (κ3) is 35.4. The van der Waals surface area contributed by atoms with Crippen molar-refractivity contribution in [2.75, 3.05) is 6.61 Å². The van der Waals surface area contributed by atoms with Gasteiger partial charge in [-0.3, -0.25) is 9.59 Å². The maximum atomic E-state index is 13.1. The Kier molecular flexibility index (Phi) is 39.2. The van der Waals surface area contributed by atoms with Gasteiger partial charge < -0.3 is 20.3 Å². The van der Waals surface area contributed by atoms with Gasteiger partial charge in [-0.05, 0) is 38.2 Å². The van der Waals surface area contributed by atoms with Crippen molar-refractivity contribution in [2.24, 2.45) is 0 Å². The average molecular weight is 734 g/mol. The van der Waals surface area contributed by atoms with Gasteiger partial charge in [0.1, 0.15) is 6.10 Å². The molecule has 0 saturated carbocycles. The highest BCUT2D eigenvalue weighted by Gasteiger charge is 2.23. The number of ether oxygens (including phenoxy) is 1. The van der Waals surface area contributed by atoms with Crippen molar-refractivity contribution in [1.82, 2.24) is 5.32 Å². The summed E-state index contributed by atoms with van der Waals surface area (Å²) in [7, 11) is 0. The molecule has 0 aromatic carbocycles. The van der Waals surface area contributed by atoms with Crippen molar-refractivity contribution in [3.63, 3.8) is 0 Å². The van der Waals surface area contributed by atoms with Crippen LogP contribution in [0.4, 0.5) is 0 Å². The van der Waals surface area contributed by atoms with E-state index in [-0.39, 0.29) is 24.9 Å². The van der Waals surface area contributed by atoms with Gasteiger partial charge in [0.25, 0.3) is 0 Å². The third-order valence-electron chi connectivity index (χ3n) is 10.3. The number of carbonyl (C=O) groups excluding carboxylic acids is 2. The Morgan fingerprint density at radius 2 is 1.02 bits per heavy atom. The Hall–Kier alpha value is -1.66. The summed E-state index contributed by atoms with van der Waals surface area (Å²) in [5, 5.41) is 23.5. The number of amides is 1. The number of aliphatic hydroxyl groups is 2. The second kappa shape index (κ2) is 40.5. The first-order chi connectivity index (χ1) is 25.5. The molecule has 306 valence electrons. The van der Waals surface area contributed by atoms with E-state index in [1.807, 2.05) is 12.2 Å². The molecule has 0 bridgehead atoms. The van der Waals surface area contributed by atoms with Crippen molar-refractivity contribution >= 4 is 11.9 Å². The van der Waals surface area contributed by atoms with E-state index in [1.54, 1.807) is 0 Å².